The van der Waals surface area contributed by atoms with E-state index >= 15 is 0 Å². The second-order valence-electron chi connectivity index (χ2n) is 6.70. The molecule has 0 radical (unpaired) electrons. The van der Waals surface area contributed by atoms with Gasteiger partial charge >= 0.3 is 0 Å². The zero-order chi connectivity index (χ0) is 14.1. The van der Waals surface area contributed by atoms with E-state index in [0.29, 0.717) is 24.8 Å². The van der Waals surface area contributed by atoms with Crippen LogP contribution in [0, 0.1) is 17.0 Å². The second-order valence-corrected chi connectivity index (χ2v) is 6.70. The van der Waals surface area contributed by atoms with Crippen molar-refractivity contribution in [2.24, 2.45) is 5.41 Å². The lowest BCUT2D eigenvalue weighted by molar-refractivity contribution is 0.0225. The molecule has 106 valence electrons. The fourth-order valence-electron chi connectivity index (χ4n) is 2.99. The van der Waals surface area contributed by atoms with Gasteiger partial charge in [-0.25, -0.2) is 8.78 Å². The predicted molar refractivity (Wildman–Crippen MR) is 71.9 cm³/mol. The molecule has 0 aliphatic heterocycles. The van der Waals surface area contributed by atoms with E-state index in [2.05, 4.69) is 13.8 Å². The predicted octanol–water partition coefficient (Wildman–Crippen LogP) is 4.23. The quantitative estimate of drug-likeness (QED) is 0.796. The third-order valence-electron chi connectivity index (χ3n) is 4.22. The summed E-state index contributed by atoms with van der Waals surface area (Å²) in [5.41, 5.74) is -0.0363. The van der Waals surface area contributed by atoms with Gasteiger partial charge in [0, 0.05) is 12.5 Å². The third kappa shape index (κ3) is 4.00. The summed E-state index contributed by atoms with van der Waals surface area (Å²) in [6.45, 7) is 4.42. The zero-order valence-electron chi connectivity index (χ0n) is 11.7. The van der Waals surface area contributed by atoms with Gasteiger partial charge in [-0.2, -0.15) is 0 Å². The fourth-order valence-corrected chi connectivity index (χ4v) is 2.99. The first-order valence-electron chi connectivity index (χ1n) is 6.95. The fraction of sp³-hybridized carbons (Fsp3) is 0.625. The van der Waals surface area contributed by atoms with Crippen molar-refractivity contribution in [3.05, 3.63) is 35.4 Å². The molecule has 0 heterocycles. The number of rotatable bonds is 2. The van der Waals surface area contributed by atoms with Crippen molar-refractivity contribution in [2.75, 3.05) is 0 Å². The summed E-state index contributed by atoms with van der Waals surface area (Å²) in [6, 6.07) is 3.50. The van der Waals surface area contributed by atoms with Gasteiger partial charge in [0.1, 0.15) is 11.6 Å². The lowest BCUT2D eigenvalue weighted by atomic mass is 9.83. The Hall–Kier alpha value is -0.960. The van der Waals surface area contributed by atoms with E-state index < -0.39 is 17.2 Å². The number of benzene rings is 1. The molecule has 1 aromatic rings. The summed E-state index contributed by atoms with van der Waals surface area (Å²) in [7, 11) is 0. The maximum atomic E-state index is 13.2. The van der Waals surface area contributed by atoms with Crippen LogP contribution in [0.4, 0.5) is 8.78 Å². The van der Waals surface area contributed by atoms with E-state index in [0.717, 1.165) is 25.3 Å². The van der Waals surface area contributed by atoms with E-state index in [1.54, 1.807) is 0 Å². The lowest BCUT2D eigenvalue weighted by Gasteiger charge is -2.28. The summed E-state index contributed by atoms with van der Waals surface area (Å²) in [4.78, 5) is 0. The van der Waals surface area contributed by atoms with Crippen LogP contribution in [0.2, 0.25) is 0 Å². The minimum absolute atomic E-state index is 0.248. The van der Waals surface area contributed by atoms with Crippen molar-refractivity contribution in [1.82, 2.24) is 0 Å². The average Bonchev–Trinajstić information content (AvgIpc) is 2.37. The molecular formula is C16H22F2O. The molecule has 19 heavy (non-hydrogen) atoms. The van der Waals surface area contributed by atoms with Gasteiger partial charge in [-0.05, 0) is 48.8 Å². The second kappa shape index (κ2) is 5.20. The van der Waals surface area contributed by atoms with Crippen LogP contribution in [-0.4, -0.2) is 10.7 Å². The van der Waals surface area contributed by atoms with Crippen molar-refractivity contribution in [1.29, 1.82) is 0 Å². The van der Waals surface area contributed by atoms with Crippen molar-refractivity contribution in [3.8, 4) is 0 Å². The molecule has 0 amide bonds. The Bertz CT molecular complexity index is 436. The highest BCUT2D eigenvalue weighted by molar-refractivity contribution is 5.20. The molecule has 0 bridgehead atoms. The van der Waals surface area contributed by atoms with Crippen molar-refractivity contribution >= 4 is 0 Å². The monoisotopic (exact) mass is 268 g/mol. The zero-order valence-corrected chi connectivity index (χ0v) is 11.7. The Morgan fingerprint density at radius 3 is 2.26 bits per heavy atom. The highest BCUT2D eigenvalue weighted by Gasteiger charge is 2.34. The molecule has 1 aliphatic rings. The maximum Gasteiger partial charge on any atom is 0.126 e. The SMILES string of the molecule is CC1(C)CCCC(O)(Cc2cc(F)cc(F)c2)CC1. The Morgan fingerprint density at radius 2 is 1.63 bits per heavy atom. The minimum atomic E-state index is -0.825. The molecule has 1 N–H and O–H groups in total. The smallest absolute Gasteiger partial charge is 0.126 e. The molecule has 1 nitrogen and oxygen atoms in total. The van der Waals surface area contributed by atoms with Gasteiger partial charge in [0.25, 0.3) is 0 Å². The van der Waals surface area contributed by atoms with Crippen LogP contribution in [0.1, 0.15) is 51.5 Å². The first-order chi connectivity index (χ1) is 8.78. The molecule has 1 unspecified atom stereocenters. The van der Waals surface area contributed by atoms with Crippen molar-refractivity contribution in [2.45, 2.75) is 58.0 Å². The van der Waals surface area contributed by atoms with E-state index in [9.17, 15) is 13.9 Å². The Labute approximate surface area is 113 Å². The van der Waals surface area contributed by atoms with Crippen molar-refractivity contribution in [3.63, 3.8) is 0 Å². The number of aliphatic hydroxyl groups is 1. The van der Waals surface area contributed by atoms with Crippen LogP contribution in [0.15, 0.2) is 18.2 Å². The Kier molecular flexibility index (Phi) is 3.95. The topological polar surface area (TPSA) is 20.2 Å². The minimum Gasteiger partial charge on any atom is -0.390 e. The molecule has 1 saturated carbocycles. The number of halogens is 2. The molecule has 1 atom stereocenters. The summed E-state index contributed by atoms with van der Waals surface area (Å²) in [5.74, 6) is -1.15. The van der Waals surface area contributed by atoms with Crippen LogP contribution in [0.3, 0.4) is 0 Å². The molecule has 1 aromatic carbocycles. The molecule has 1 fully saturated rings. The normalized spacial score (nSPS) is 27.0. The van der Waals surface area contributed by atoms with Crippen molar-refractivity contribution < 1.29 is 13.9 Å². The lowest BCUT2D eigenvalue weighted by Crippen LogP contribution is -2.31. The Morgan fingerprint density at radius 1 is 1.00 bits per heavy atom. The highest BCUT2D eigenvalue weighted by Crippen LogP contribution is 2.39. The molecule has 1 aliphatic carbocycles. The number of hydrogen-bond acceptors (Lipinski definition) is 1. The van der Waals surface area contributed by atoms with Crippen LogP contribution in [0.25, 0.3) is 0 Å². The molecule has 0 aromatic heterocycles. The van der Waals surface area contributed by atoms with Gasteiger partial charge < -0.3 is 5.11 Å². The van der Waals surface area contributed by atoms with E-state index in [-0.39, 0.29) is 5.41 Å². The molecule has 2 rings (SSSR count). The highest BCUT2D eigenvalue weighted by atomic mass is 19.1. The van der Waals surface area contributed by atoms with Gasteiger partial charge in [0.15, 0.2) is 0 Å². The number of hydrogen-bond donors (Lipinski definition) is 1. The van der Waals surface area contributed by atoms with Gasteiger partial charge in [0.05, 0.1) is 5.60 Å². The maximum absolute atomic E-state index is 13.2. The van der Waals surface area contributed by atoms with Gasteiger partial charge in [-0.3, -0.25) is 0 Å². The van der Waals surface area contributed by atoms with Gasteiger partial charge in [0.2, 0.25) is 0 Å². The molecule has 0 spiro atoms. The molecule has 0 saturated heterocycles. The molecular weight excluding hydrogens is 246 g/mol. The third-order valence-corrected chi connectivity index (χ3v) is 4.22. The standard InChI is InChI=1S/C16H22F2O/c1-15(2)4-3-5-16(19,7-6-15)11-12-8-13(17)10-14(18)9-12/h8-10,19H,3-7,11H2,1-2H3. The summed E-state index contributed by atoms with van der Waals surface area (Å²) >= 11 is 0. The first-order valence-corrected chi connectivity index (χ1v) is 6.95. The van der Waals surface area contributed by atoms with Gasteiger partial charge in [-0.1, -0.05) is 20.3 Å². The Balaban J connectivity index is 2.12. The van der Waals surface area contributed by atoms with E-state index in [1.165, 1.54) is 12.1 Å². The molecule has 3 heteroatoms. The summed E-state index contributed by atoms with van der Waals surface area (Å²) in [6.07, 6.45) is 4.72. The van der Waals surface area contributed by atoms with Crippen LogP contribution in [-0.2, 0) is 6.42 Å². The first kappa shape index (κ1) is 14.4. The van der Waals surface area contributed by atoms with Crippen LogP contribution in [0.5, 0.6) is 0 Å². The largest absolute Gasteiger partial charge is 0.390 e. The van der Waals surface area contributed by atoms with E-state index in [4.69, 9.17) is 0 Å². The van der Waals surface area contributed by atoms with E-state index in [1.807, 2.05) is 0 Å². The van der Waals surface area contributed by atoms with Crippen LogP contribution >= 0.6 is 0 Å². The van der Waals surface area contributed by atoms with Gasteiger partial charge in [-0.15, -0.1) is 0 Å². The average molecular weight is 268 g/mol. The summed E-state index contributed by atoms with van der Waals surface area (Å²) in [5, 5.41) is 10.7. The summed E-state index contributed by atoms with van der Waals surface area (Å²) < 4.78 is 26.4. The van der Waals surface area contributed by atoms with Crippen LogP contribution < -0.4 is 0 Å².